The van der Waals surface area contributed by atoms with E-state index in [1.807, 2.05) is 44.2 Å². The van der Waals surface area contributed by atoms with Gasteiger partial charge in [-0.1, -0.05) is 62.4 Å². The maximum Gasteiger partial charge on any atom is 0.178 e. The maximum atomic E-state index is 12.6. The first kappa shape index (κ1) is 18.1. The fourth-order valence-electron chi connectivity index (χ4n) is 3.53. The molecule has 5 heteroatoms. The highest BCUT2D eigenvalue weighted by molar-refractivity contribution is 7.91. The third-order valence-corrected chi connectivity index (χ3v) is 6.97. The summed E-state index contributed by atoms with van der Waals surface area (Å²) in [5.74, 6) is -0.422. The minimum atomic E-state index is -3.43. The number of ether oxygens (including phenoxy) is 1. The number of aliphatic hydroxyl groups excluding tert-OH is 1. The Balaban J connectivity index is 1.67. The summed E-state index contributed by atoms with van der Waals surface area (Å²) in [4.78, 5) is 0.298. The van der Waals surface area contributed by atoms with E-state index in [0.717, 1.165) is 5.56 Å². The Morgan fingerprint density at radius 1 is 1.00 bits per heavy atom. The average molecular weight is 360 g/mol. The van der Waals surface area contributed by atoms with Gasteiger partial charge in [-0.15, -0.1) is 0 Å². The Kier molecular flexibility index (Phi) is 5.00. The quantitative estimate of drug-likeness (QED) is 0.860. The summed E-state index contributed by atoms with van der Waals surface area (Å²) < 4.78 is 31.1. The molecule has 3 atom stereocenters. The second-order valence-electron chi connectivity index (χ2n) is 7.23. The van der Waals surface area contributed by atoms with Gasteiger partial charge in [-0.2, -0.15) is 0 Å². The molecular formula is C20H24O4S. The Morgan fingerprint density at radius 2 is 1.56 bits per heavy atom. The largest absolute Gasteiger partial charge is 0.390 e. The van der Waals surface area contributed by atoms with Crippen molar-refractivity contribution in [1.29, 1.82) is 0 Å². The zero-order valence-corrected chi connectivity index (χ0v) is 15.3. The van der Waals surface area contributed by atoms with Gasteiger partial charge in [0.15, 0.2) is 9.84 Å². The van der Waals surface area contributed by atoms with E-state index in [2.05, 4.69) is 0 Å². The number of sulfone groups is 1. The van der Waals surface area contributed by atoms with Crippen LogP contribution < -0.4 is 0 Å². The van der Waals surface area contributed by atoms with Gasteiger partial charge in [0.25, 0.3) is 0 Å². The lowest BCUT2D eigenvalue weighted by Crippen LogP contribution is -2.64. The zero-order valence-electron chi connectivity index (χ0n) is 14.5. The van der Waals surface area contributed by atoms with E-state index in [4.69, 9.17) is 4.74 Å². The lowest BCUT2D eigenvalue weighted by molar-refractivity contribution is -0.222. The lowest BCUT2D eigenvalue weighted by Gasteiger charge is -2.55. The van der Waals surface area contributed by atoms with Gasteiger partial charge in [0.2, 0.25) is 0 Å². The molecule has 1 aliphatic rings. The second kappa shape index (κ2) is 6.90. The summed E-state index contributed by atoms with van der Waals surface area (Å²) in [6.45, 7) is 4.32. The van der Waals surface area contributed by atoms with Crippen LogP contribution >= 0.6 is 0 Å². The summed E-state index contributed by atoms with van der Waals surface area (Å²) >= 11 is 0. The highest BCUT2D eigenvalue weighted by atomic mass is 32.2. The van der Waals surface area contributed by atoms with Gasteiger partial charge >= 0.3 is 0 Å². The van der Waals surface area contributed by atoms with Crippen molar-refractivity contribution in [2.45, 2.75) is 37.6 Å². The van der Waals surface area contributed by atoms with Crippen molar-refractivity contribution in [2.24, 2.45) is 11.3 Å². The van der Waals surface area contributed by atoms with Crippen molar-refractivity contribution in [3.05, 3.63) is 66.2 Å². The molecule has 1 N–H and O–H groups in total. The average Bonchev–Trinajstić information content (AvgIpc) is 2.61. The molecule has 134 valence electrons. The molecule has 1 fully saturated rings. The van der Waals surface area contributed by atoms with Crippen molar-refractivity contribution < 1.29 is 18.3 Å². The molecule has 0 unspecified atom stereocenters. The van der Waals surface area contributed by atoms with E-state index < -0.39 is 21.4 Å². The lowest BCUT2D eigenvalue weighted by atomic mass is 9.58. The van der Waals surface area contributed by atoms with E-state index in [-0.39, 0.29) is 17.8 Å². The zero-order chi connectivity index (χ0) is 18.1. The van der Waals surface area contributed by atoms with E-state index in [9.17, 15) is 13.5 Å². The highest BCUT2D eigenvalue weighted by Crippen LogP contribution is 2.49. The van der Waals surface area contributed by atoms with Crippen molar-refractivity contribution in [3.63, 3.8) is 0 Å². The summed E-state index contributed by atoms with van der Waals surface area (Å²) in [5, 5.41) is 10.5. The third-order valence-electron chi connectivity index (χ3n) is 5.19. The van der Waals surface area contributed by atoms with Crippen LogP contribution in [0.25, 0.3) is 0 Å². The predicted octanol–water partition coefficient (Wildman–Crippen LogP) is 3.06. The molecule has 0 saturated heterocycles. The van der Waals surface area contributed by atoms with E-state index >= 15 is 0 Å². The minimum absolute atomic E-state index is 0.0730. The summed E-state index contributed by atoms with van der Waals surface area (Å²) in [7, 11) is -3.43. The fraction of sp³-hybridized carbons (Fsp3) is 0.400. The van der Waals surface area contributed by atoms with E-state index in [1.165, 1.54) is 0 Å². The Bertz CT molecular complexity index is 800. The molecule has 0 amide bonds. The smallest absolute Gasteiger partial charge is 0.178 e. The molecule has 3 rings (SSSR count). The Labute approximate surface area is 149 Å². The Hall–Kier alpha value is -1.69. The fourth-order valence-corrected chi connectivity index (χ4v) is 5.39. The first-order chi connectivity index (χ1) is 11.8. The molecular weight excluding hydrogens is 336 g/mol. The number of benzene rings is 2. The highest BCUT2D eigenvalue weighted by Gasteiger charge is 2.57. The molecule has 4 nitrogen and oxygen atoms in total. The molecule has 25 heavy (non-hydrogen) atoms. The summed E-state index contributed by atoms with van der Waals surface area (Å²) in [5.41, 5.74) is 0.627. The molecule has 0 aromatic heterocycles. The van der Waals surface area contributed by atoms with Crippen LogP contribution in [0.4, 0.5) is 0 Å². The molecule has 1 aliphatic carbocycles. The van der Waals surface area contributed by atoms with Gasteiger partial charge < -0.3 is 9.84 Å². The van der Waals surface area contributed by atoms with Crippen LogP contribution in [-0.2, 0) is 21.2 Å². The number of rotatable bonds is 6. The molecule has 1 saturated carbocycles. The topological polar surface area (TPSA) is 63.6 Å². The van der Waals surface area contributed by atoms with Crippen LogP contribution in [0.3, 0.4) is 0 Å². The van der Waals surface area contributed by atoms with Crippen LogP contribution in [0.2, 0.25) is 0 Å². The van der Waals surface area contributed by atoms with Gasteiger partial charge in [0, 0.05) is 5.92 Å². The molecule has 2 aromatic carbocycles. The molecule has 2 aromatic rings. The van der Waals surface area contributed by atoms with E-state index in [1.54, 1.807) is 30.3 Å². The minimum Gasteiger partial charge on any atom is -0.390 e. The maximum absolute atomic E-state index is 12.6. The van der Waals surface area contributed by atoms with Gasteiger partial charge in [0.05, 0.1) is 29.5 Å². The van der Waals surface area contributed by atoms with E-state index in [0.29, 0.717) is 11.5 Å². The number of aliphatic hydroxyl groups is 1. The third kappa shape index (κ3) is 3.64. The number of hydrogen-bond donors (Lipinski definition) is 1. The van der Waals surface area contributed by atoms with Crippen molar-refractivity contribution in [2.75, 3.05) is 5.75 Å². The van der Waals surface area contributed by atoms with Crippen LogP contribution in [0.15, 0.2) is 65.6 Å². The standard InChI is InChI=1S/C20H24O4S/c1-20(2)17(14-25(22,23)16-11-7-4-8-12-16)18(21)19(20)24-13-15-9-5-3-6-10-15/h3-12,17-19,21H,13-14H2,1-2H3/t17-,18-,19+/m1/s1. The molecule has 0 radical (unpaired) electrons. The van der Waals surface area contributed by atoms with Crippen LogP contribution in [0.1, 0.15) is 19.4 Å². The van der Waals surface area contributed by atoms with Gasteiger partial charge in [-0.25, -0.2) is 8.42 Å². The molecule has 0 bridgehead atoms. The number of hydrogen-bond acceptors (Lipinski definition) is 4. The summed E-state index contributed by atoms with van der Waals surface area (Å²) in [6, 6.07) is 18.2. The Morgan fingerprint density at radius 3 is 2.12 bits per heavy atom. The van der Waals surface area contributed by atoms with Gasteiger partial charge in [-0.3, -0.25) is 0 Å². The molecule has 0 spiro atoms. The van der Waals surface area contributed by atoms with Gasteiger partial charge in [0.1, 0.15) is 0 Å². The predicted molar refractivity (Wildman–Crippen MR) is 96.8 cm³/mol. The van der Waals surface area contributed by atoms with Crippen molar-refractivity contribution >= 4 is 9.84 Å². The molecule has 0 heterocycles. The van der Waals surface area contributed by atoms with Gasteiger partial charge in [-0.05, 0) is 23.1 Å². The normalized spacial score (nSPS) is 25.3. The first-order valence-corrected chi connectivity index (χ1v) is 10.1. The van der Waals surface area contributed by atoms with Crippen LogP contribution in [0, 0.1) is 11.3 Å². The molecule has 0 aliphatic heterocycles. The monoisotopic (exact) mass is 360 g/mol. The SMILES string of the molecule is CC1(C)[C@H](CS(=O)(=O)c2ccccc2)[C@@H](O)[C@@H]1OCc1ccccc1. The van der Waals surface area contributed by atoms with Crippen molar-refractivity contribution in [3.8, 4) is 0 Å². The van der Waals surface area contributed by atoms with Crippen molar-refractivity contribution in [1.82, 2.24) is 0 Å². The first-order valence-electron chi connectivity index (χ1n) is 8.44. The van der Waals surface area contributed by atoms with Crippen LogP contribution in [-0.4, -0.2) is 31.5 Å². The second-order valence-corrected chi connectivity index (χ2v) is 9.26. The van der Waals surface area contributed by atoms with Crippen LogP contribution in [0.5, 0.6) is 0 Å². The summed E-state index contributed by atoms with van der Waals surface area (Å²) in [6.07, 6.45) is -1.15.